The fraction of sp³-hybridized carbons (Fsp3) is 0.214. The van der Waals surface area contributed by atoms with E-state index in [1.54, 1.807) is 28.8 Å². The highest BCUT2D eigenvalue weighted by Gasteiger charge is 2.10. The number of benzene rings is 1. The second-order valence-electron chi connectivity index (χ2n) is 4.57. The van der Waals surface area contributed by atoms with Gasteiger partial charge < -0.3 is 10.1 Å². The summed E-state index contributed by atoms with van der Waals surface area (Å²) in [7, 11) is 0. The molecule has 0 aliphatic carbocycles. The van der Waals surface area contributed by atoms with Crippen LogP contribution in [0.2, 0.25) is 0 Å². The molecule has 2 aromatic heterocycles. The molecule has 0 spiro atoms. The SMILES string of the molecule is CCCn1cnc2nc(-c3ccc(O)cc3)[nH]c2c1=O. The number of phenolic OH excluding ortho intramolecular Hbond substituents is 1. The van der Waals surface area contributed by atoms with Crippen LogP contribution in [-0.4, -0.2) is 24.6 Å². The van der Waals surface area contributed by atoms with Crippen molar-refractivity contribution in [2.24, 2.45) is 0 Å². The summed E-state index contributed by atoms with van der Waals surface area (Å²) in [4.78, 5) is 23.7. The van der Waals surface area contributed by atoms with Gasteiger partial charge in [0.2, 0.25) is 0 Å². The molecular formula is C14H14N4O2. The number of fused-ring (bicyclic) bond motifs is 1. The van der Waals surface area contributed by atoms with Crippen molar-refractivity contribution in [2.45, 2.75) is 19.9 Å². The summed E-state index contributed by atoms with van der Waals surface area (Å²) in [6, 6.07) is 6.62. The Labute approximate surface area is 114 Å². The monoisotopic (exact) mass is 270 g/mol. The first-order valence-electron chi connectivity index (χ1n) is 6.43. The van der Waals surface area contributed by atoms with E-state index in [4.69, 9.17) is 0 Å². The van der Waals surface area contributed by atoms with E-state index in [0.717, 1.165) is 12.0 Å². The Bertz CT molecular complexity index is 802. The predicted molar refractivity (Wildman–Crippen MR) is 75.5 cm³/mol. The number of aromatic nitrogens is 4. The summed E-state index contributed by atoms with van der Waals surface area (Å²) in [5.74, 6) is 0.757. The third-order valence-corrected chi connectivity index (χ3v) is 3.08. The molecular weight excluding hydrogens is 256 g/mol. The van der Waals surface area contributed by atoms with Crippen LogP contribution in [0.4, 0.5) is 0 Å². The first kappa shape index (κ1) is 12.4. The third-order valence-electron chi connectivity index (χ3n) is 3.08. The summed E-state index contributed by atoms with van der Waals surface area (Å²) in [6.07, 6.45) is 2.39. The van der Waals surface area contributed by atoms with Crippen LogP contribution >= 0.6 is 0 Å². The van der Waals surface area contributed by atoms with Crippen molar-refractivity contribution in [3.05, 3.63) is 40.9 Å². The molecule has 0 saturated carbocycles. The Hall–Kier alpha value is -2.63. The lowest BCUT2D eigenvalue weighted by Crippen LogP contribution is -2.20. The number of imidazole rings is 1. The van der Waals surface area contributed by atoms with Gasteiger partial charge in [0.05, 0.1) is 0 Å². The molecule has 20 heavy (non-hydrogen) atoms. The maximum atomic E-state index is 12.2. The topological polar surface area (TPSA) is 83.8 Å². The Morgan fingerprint density at radius 1 is 1.30 bits per heavy atom. The minimum absolute atomic E-state index is 0.116. The standard InChI is InChI=1S/C14H14N4O2/c1-2-7-18-8-15-13-11(14(18)20)16-12(17-13)9-3-5-10(19)6-4-9/h3-6,8,19H,2,7H2,1H3,(H,16,17). The van der Waals surface area contributed by atoms with E-state index in [1.807, 2.05) is 6.92 Å². The highest BCUT2D eigenvalue weighted by atomic mass is 16.3. The number of H-pyrrole nitrogens is 1. The Morgan fingerprint density at radius 2 is 2.05 bits per heavy atom. The Balaban J connectivity index is 2.13. The van der Waals surface area contributed by atoms with Crippen molar-refractivity contribution < 1.29 is 5.11 Å². The minimum atomic E-state index is -0.116. The van der Waals surface area contributed by atoms with Gasteiger partial charge in [-0.3, -0.25) is 9.36 Å². The highest BCUT2D eigenvalue weighted by molar-refractivity contribution is 5.74. The molecule has 0 bridgehead atoms. The first-order valence-corrected chi connectivity index (χ1v) is 6.43. The zero-order chi connectivity index (χ0) is 14.1. The van der Waals surface area contributed by atoms with E-state index in [2.05, 4.69) is 15.0 Å². The van der Waals surface area contributed by atoms with E-state index in [9.17, 15) is 9.90 Å². The van der Waals surface area contributed by atoms with Crippen LogP contribution in [-0.2, 0) is 6.54 Å². The molecule has 102 valence electrons. The molecule has 0 atom stereocenters. The van der Waals surface area contributed by atoms with Crippen LogP contribution in [0.3, 0.4) is 0 Å². The quantitative estimate of drug-likeness (QED) is 0.761. The van der Waals surface area contributed by atoms with E-state index in [0.29, 0.717) is 23.5 Å². The van der Waals surface area contributed by atoms with Gasteiger partial charge in [-0.05, 0) is 30.7 Å². The van der Waals surface area contributed by atoms with Crippen LogP contribution in [0.15, 0.2) is 35.4 Å². The van der Waals surface area contributed by atoms with Gasteiger partial charge in [0, 0.05) is 12.1 Å². The van der Waals surface area contributed by atoms with Crippen LogP contribution in [0.1, 0.15) is 13.3 Å². The number of hydrogen-bond donors (Lipinski definition) is 2. The predicted octanol–water partition coefficient (Wildman–Crippen LogP) is 1.90. The molecule has 2 N–H and O–H groups in total. The molecule has 0 aliphatic heterocycles. The second-order valence-corrected chi connectivity index (χ2v) is 4.57. The summed E-state index contributed by atoms with van der Waals surface area (Å²) in [5, 5.41) is 9.29. The molecule has 6 nitrogen and oxygen atoms in total. The maximum Gasteiger partial charge on any atom is 0.279 e. The number of hydrogen-bond acceptors (Lipinski definition) is 4. The van der Waals surface area contributed by atoms with E-state index < -0.39 is 0 Å². The highest BCUT2D eigenvalue weighted by Crippen LogP contribution is 2.20. The van der Waals surface area contributed by atoms with Gasteiger partial charge in [-0.25, -0.2) is 9.97 Å². The van der Waals surface area contributed by atoms with Gasteiger partial charge in [-0.15, -0.1) is 0 Å². The van der Waals surface area contributed by atoms with Gasteiger partial charge in [0.1, 0.15) is 17.9 Å². The number of nitrogens with one attached hydrogen (secondary N) is 1. The van der Waals surface area contributed by atoms with Crippen molar-refractivity contribution in [2.75, 3.05) is 0 Å². The van der Waals surface area contributed by atoms with E-state index >= 15 is 0 Å². The largest absolute Gasteiger partial charge is 0.508 e. The van der Waals surface area contributed by atoms with E-state index in [1.165, 1.54) is 6.33 Å². The van der Waals surface area contributed by atoms with Crippen molar-refractivity contribution in [3.63, 3.8) is 0 Å². The number of phenols is 1. The lowest BCUT2D eigenvalue weighted by Gasteiger charge is -2.00. The molecule has 3 rings (SSSR count). The first-order chi connectivity index (χ1) is 9.69. The molecule has 0 radical (unpaired) electrons. The number of nitrogens with zero attached hydrogens (tertiary/aromatic N) is 3. The average molecular weight is 270 g/mol. The maximum absolute atomic E-state index is 12.2. The molecule has 0 amide bonds. The van der Waals surface area contributed by atoms with Crippen molar-refractivity contribution in [1.29, 1.82) is 0 Å². The van der Waals surface area contributed by atoms with Crippen LogP contribution in [0.5, 0.6) is 5.75 Å². The Morgan fingerprint density at radius 3 is 2.75 bits per heavy atom. The molecule has 2 heterocycles. The van der Waals surface area contributed by atoms with Crippen LogP contribution in [0, 0.1) is 0 Å². The van der Waals surface area contributed by atoms with Gasteiger partial charge in [0.25, 0.3) is 5.56 Å². The zero-order valence-corrected chi connectivity index (χ0v) is 11.0. The molecule has 0 saturated heterocycles. The van der Waals surface area contributed by atoms with Crippen LogP contribution in [0.25, 0.3) is 22.6 Å². The summed E-state index contributed by atoms with van der Waals surface area (Å²) in [6.45, 7) is 2.64. The summed E-state index contributed by atoms with van der Waals surface area (Å²) in [5.41, 5.74) is 1.49. The second kappa shape index (κ2) is 4.80. The van der Waals surface area contributed by atoms with Crippen LogP contribution < -0.4 is 5.56 Å². The normalized spacial score (nSPS) is 11.1. The average Bonchev–Trinajstić information content (AvgIpc) is 2.88. The van der Waals surface area contributed by atoms with Gasteiger partial charge in [0.15, 0.2) is 11.2 Å². The molecule has 0 unspecified atom stereocenters. The molecule has 0 aliphatic rings. The fourth-order valence-corrected chi connectivity index (χ4v) is 2.08. The van der Waals surface area contributed by atoms with Crippen molar-refractivity contribution in [1.82, 2.24) is 19.5 Å². The summed E-state index contributed by atoms with van der Waals surface area (Å²) >= 11 is 0. The lowest BCUT2D eigenvalue weighted by molar-refractivity contribution is 0.475. The molecule has 1 aromatic carbocycles. The van der Waals surface area contributed by atoms with Crippen molar-refractivity contribution >= 4 is 11.2 Å². The smallest absolute Gasteiger partial charge is 0.279 e. The lowest BCUT2D eigenvalue weighted by atomic mass is 10.2. The van der Waals surface area contributed by atoms with Gasteiger partial charge in [-0.2, -0.15) is 0 Å². The molecule has 3 aromatic rings. The zero-order valence-electron chi connectivity index (χ0n) is 11.0. The van der Waals surface area contributed by atoms with Gasteiger partial charge >= 0.3 is 0 Å². The van der Waals surface area contributed by atoms with E-state index in [-0.39, 0.29) is 11.3 Å². The molecule has 6 heteroatoms. The van der Waals surface area contributed by atoms with Gasteiger partial charge in [-0.1, -0.05) is 6.92 Å². The Kier molecular flexibility index (Phi) is 2.98. The fourth-order valence-electron chi connectivity index (χ4n) is 2.08. The molecule has 0 fully saturated rings. The number of aryl methyl sites for hydroxylation is 1. The summed E-state index contributed by atoms with van der Waals surface area (Å²) < 4.78 is 1.57. The van der Waals surface area contributed by atoms with Crippen molar-refractivity contribution in [3.8, 4) is 17.1 Å². The third kappa shape index (κ3) is 2.05. The minimum Gasteiger partial charge on any atom is -0.508 e. The number of aromatic hydroxyl groups is 1. The number of aromatic amines is 1. The number of rotatable bonds is 3.